The van der Waals surface area contributed by atoms with Crippen molar-refractivity contribution in [2.75, 3.05) is 18.0 Å². The molecule has 1 aliphatic heterocycles. The summed E-state index contributed by atoms with van der Waals surface area (Å²) < 4.78 is 0. The molecule has 0 atom stereocenters. The number of aromatic nitrogens is 4. The number of anilines is 1. The van der Waals surface area contributed by atoms with E-state index in [1.165, 1.54) is 10.4 Å². The van der Waals surface area contributed by atoms with Crippen LogP contribution in [0.25, 0.3) is 0 Å². The second kappa shape index (κ2) is 8.75. The molecular formula is C23H28N6O. The van der Waals surface area contributed by atoms with Crippen molar-refractivity contribution in [2.45, 2.75) is 38.3 Å². The molecule has 1 fully saturated rings. The zero-order valence-electron chi connectivity index (χ0n) is 17.6. The van der Waals surface area contributed by atoms with E-state index in [0.29, 0.717) is 12.2 Å². The summed E-state index contributed by atoms with van der Waals surface area (Å²) in [6, 6.07) is 20.4. The van der Waals surface area contributed by atoms with Crippen LogP contribution in [0.3, 0.4) is 0 Å². The van der Waals surface area contributed by atoms with Gasteiger partial charge in [0.1, 0.15) is 5.54 Å². The Morgan fingerprint density at radius 3 is 2.23 bits per heavy atom. The largest absolute Gasteiger partial charge is 0.299 e. The fourth-order valence-corrected chi connectivity index (χ4v) is 4.31. The number of carbonyl (C=O) groups is 1. The minimum Gasteiger partial charge on any atom is -0.299 e. The Hall–Kier alpha value is -3.06. The highest BCUT2D eigenvalue weighted by Gasteiger charge is 2.47. The Bertz CT molecular complexity index is 964. The number of aryl methyl sites for hydroxylation is 1. The van der Waals surface area contributed by atoms with Crippen LogP contribution >= 0.6 is 0 Å². The van der Waals surface area contributed by atoms with Crippen LogP contribution < -0.4 is 4.90 Å². The molecule has 0 unspecified atom stereocenters. The van der Waals surface area contributed by atoms with E-state index < -0.39 is 5.54 Å². The number of rotatable bonds is 6. The number of hydrogen-bond acceptors (Lipinski definition) is 5. The lowest BCUT2D eigenvalue weighted by atomic mass is 9.83. The number of amides is 1. The average Bonchev–Trinajstić information content (AvgIpc) is 3.23. The number of carbonyl (C=O) groups excluding carboxylic acids is 1. The van der Waals surface area contributed by atoms with Crippen LogP contribution in [0, 0.1) is 0 Å². The van der Waals surface area contributed by atoms with E-state index >= 15 is 0 Å². The molecule has 4 rings (SSSR count). The van der Waals surface area contributed by atoms with Gasteiger partial charge < -0.3 is 0 Å². The fourth-order valence-electron chi connectivity index (χ4n) is 4.31. The van der Waals surface area contributed by atoms with Crippen LogP contribution in [0.1, 0.15) is 37.6 Å². The zero-order valence-corrected chi connectivity index (χ0v) is 17.6. The molecule has 1 aromatic heterocycles. The summed E-state index contributed by atoms with van der Waals surface area (Å²) in [5.74, 6) is 0.695. The summed E-state index contributed by atoms with van der Waals surface area (Å²) >= 11 is 0. The molecule has 0 aliphatic carbocycles. The summed E-state index contributed by atoms with van der Waals surface area (Å²) in [6.07, 6.45) is 1.93. The van der Waals surface area contributed by atoms with Gasteiger partial charge in [-0.25, -0.2) is 0 Å². The molecule has 7 heteroatoms. The first-order chi connectivity index (χ1) is 14.6. The van der Waals surface area contributed by atoms with Gasteiger partial charge in [0, 0.05) is 31.7 Å². The standard InChI is InChI=1S/C23H28N6O/c1-3-21(30)29(20-12-8-5-9-13-20)23(22-24-26-27(2)25-22)14-16-28(17-15-23)18-19-10-6-4-7-11-19/h4-13H,3,14-18H2,1-2H3. The molecule has 1 amide bonds. The maximum atomic E-state index is 13.2. The summed E-state index contributed by atoms with van der Waals surface area (Å²) in [7, 11) is 1.77. The predicted octanol–water partition coefficient (Wildman–Crippen LogP) is 3.14. The van der Waals surface area contributed by atoms with Gasteiger partial charge in [-0.15, -0.1) is 10.2 Å². The Balaban J connectivity index is 1.67. The Kier molecular flexibility index (Phi) is 5.90. The van der Waals surface area contributed by atoms with Crippen molar-refractivity contribution in [3.63, 3.8) is 0 Å². The SMILES string of the molecule is CCC(=O)N(c1ccccc1)C1(c2nnn(C)n2)CCN(Cc2ccccc2)CC1. The van der Waals surface area contributed by atoms with Crippen molar-refractivity contribution < 1.29 is 4.79 Å². The fraction of sp³-hybridized carbons (Fsp3) is 0.391. The topological polar surface area (TPSA) is 67.2 Å². The third-order valence-electron chi connectivity index (χ3n) is 5.85. The number of para-hydroxylation sites is 1. The molecule has 3 aromatic rings. The van der Waals surface area contributed by atoms with Crippen molar-refractivity contribution in [3.05, 3.63) is 72.1 Å². The zero-order chi connectivity index (χ0) is 21.0. The van der Waals surface area contributed by atoms with Gasteiger partial charge >= 0.3 is 0 Å². The summed E-state index contributed by atoms with van der Waals surface area (Å²) in [5.41, 5.74) is 1.58. The van der Waals surface area contributed by atoms with E-state index in [1.807, 2.05) is 48.2 Å². The molecule has 156 valence electrons. The van der Waals surface area contributed by atoms with Gasteiger partial charge in [-0.2, -0.15) is 4.80 Å². The molecule has 0 radical (unpaired) electrons. The number of tetrazole rings is 1. The second-order valence-electron chi connectivity index (χ2n) is 7.81. The normalized spacial score (nSPS) is 16.3. The summed E-state index contributed by atoms with van der Waals surface area (Å²) in [6.45, 7) is 4.51. The first-order valence-electron chi connectivity index (χ1n) is 10.5. The third-order valence-corrected chi connectivity index (χ3v) is 5.85. The molecule has 1 saturated heterocycles. The predicted molar refractivity (Wildman–Crippen MR) is 116 cm³/mol. The van der Waals surface area contributed by atoms with E-state index in [1.54, 1.807) is 7.05 Å². The van der Waals surface area contributed by atoms with Gasteiger partial charge in [-0.3, -0.25) is 14.6 Å². The lowest BCUT2D eigenvalue weighted by molar-refractivity contribution is -0.120. The molecule has 1 aliphatic rings. The van der Waals surface area contributed by atoms with Crippen LogP contribution in [0.2, 0.25) is 0 Å². The maximum absolute atomic E-state index is 13.2. The summed E-state index contributed by atoms with van der Waals surface area (Å²) in [4.78, 5) is 19.0. The molecular weight excluding hydrogens is 376 g/mol. The molecule has 2 aromatic carbocycles. The highest BCUT2D eigenvalue weighted by molar-refractivity contribution is 5.94. The molecule has 7 nitrogen and oxygen atoms in total. The number of benzene rings is 2. The Morgan fingerprint density at radius 2 is 1.67 bits per heavy atom. The van der Waals surface area contributed by atoms with Crippen LogP contribution in [0.4, 0.5) is 5.69 Å². The van der Waals surface area contributed by atoms with Gasteiger partial charge in [-0.1, -0.05) is 55.5 Å². The van der Waals surface area contributed by atoms with Crippen molar-refractivity contribution in [3.8, 4) is 0 Å². The first-order valence-corrected chi connectivity index (χ1v) is 10.5. The molecule has 2 heterocycles. The molecule has 30 heavy (non-hydrogen) atoms. The van der Waals surface area contributed by atoms with Crippen molar-refractivity contribution in [1.82, 2.24) is 25.1 Å². The van der Waals surface area contributed by atoms with E-state index in [0.717, 1.165) is 38.2 Å². The smallest absolute Gasteiger partial charge is 0.227 e. The van der Waals surface area contributed by atoms with Crippen molar-refractivity contribution >= 4 is 11.6 Å². The molecule has 0 spiro atoms. The average molecular weight is 405 g/mol. The quantitative estimate of drug-likeness (QED) is 0.631. The number of hydrogen-bond donors (Lipinski definition) is 0. The third kappa shape index (κ3) is 3.98. The van der Waals surface area contributed by atoms with E-state index in [4.69, 9.17) is 0 Å². The number of piperidine rings is 1. The molecule has 0 bridgehead atoms. The first kappa shape index (κ1) is 20.2. The van der Waals surface area contributed by atoms with Gasteiger partial charge in [-0.05, 0) is 35.8 Å². The van der Waals surface area contributed by atoms with Gasteiger partial charge in [0.05, 0.1) is 7.05 Å². The maximum Gasteiger partial charge on any atom is 0.227 e. The van der Waals surface area contributed by atoms with Crippen molar-refractivity contribution in [2.24, 2.45) is 7.05 Å². The van der Waals surface area contributed by atoms with Crippen LogP contribution in [0.5, 0.6) is 0 Å². The van der Waals surface area contributed by atoms with E-state index in [9.17, 15) is 4.79 Å². The molecule has 0 N–H and O–H groups in total. The Labute approximate surface area is 177 Å². The number of likely N-dealkylation sites (tertiary alicyclic amines) is 1. The second-order valence-corrected chi connectivity index (χ2v) is 7.81. The van der Waals surface area contributed by atoms with Crippen LogP contribution in [0.15, 0.2) is 60.7 Å². The van der Waals surface area contributed by atoms with Gasteiger partial charge in [0.15, 0.2) is 0 Å². The lowest BCUT2D eigenvalue weighted by Gasteiger charge is -2.47. The Morgan fingerprint density at radius 1 is 1.03 bits per heavy atom. The molecule has 0 saturated carbocycles. The lowest BCUT2D eigenvalue weighted by Crippen LogP contribution is -2.56. The highest BCUT2D eigenvalue weighted by atomic mass is 16.2. The monoisotopic (exact) mass is 404 g/mol. The number of nitrogens with zero attached hydrogens (tertiary/aromatic N) is 6. The minimum atomic E-state index is -0.601. The van der Waals surface area contributed by atoms with E-state index in [-0.39, 0.29) is 5.91 Å². The highest BCUT2D eigenvalue weighted by Crippen LogP contribution is 2.40. The minimum absolute atomic E-state index is 0.0742. The summed E-state index contributed by atoms with van der Waals surface area (Å²) in [5, 5.41) is 13.0. The van der Waals surface area contributed by atoms with Gasteiger partial charge in [0.2, 0.25) is 11.7 Å². The van der Waals surface area contributed by atoms with E-state index in [2.05, 4.69) is 44.6 Å². The van der Waals surface area contributed by atoms with Crippen molar-refractivity contribution in [1.29, 1.82) is 0 Å². The van der Waals surface area contributed by atoms with Crippen LogP contribution in [-0.4, -0.2) is 44.1 Å². The van der Waals surface area contributed by atoms with Gasteiger partial charge in [0.25, 0.3) is 0 Å². The van der Waals surface area contributed by atoms with Crippen LogP contribution in [-0.2, 0) is 23.9 Å².